The zero-order valence-corrected chi connectivity index (χ0v) is 16.5. The first-order chi connectivity index (χ1) is 13.6. The van der Waals surface area contributed by atoms with E-state index in [2.05, 4.69) is 52.9 Å². The summed E-state index contributed by atoms with van der Waals surface area (Å²) in [4.78, 5) is 12.2. The van der Waals surface area contributed by atoms with Crippen LogP contribution in [-0.4, -0.2) is 31.9 Å². The molecular formula is C20H20N6OS. The molecule has 3 aromatic rings. The maximum absolute atomic E-state index is 12.2. The number of nitrogens with one attached hydrogen (secondary N) is 1. The molecule has 7 nitrogen and oxygen atoms in total. The minimum atomic E-state index is -0.157. The van der Waals surface area contributed by atoms with Gasteiger partial charge >= 0.3 is 0 Å². The van der Waals surface area contributed by atoms with Crippen molar-refractivity contribution < 1.29 is 4.79 Å². The Balaban J connectivity index is 1.58. The summed E-state index contributed by atoms with van der Waals surface area (Å²) in [5.41, 5.74) is 3.09. The van der Waals surface area contributed by atoms with Gasteiger partial charge in [0.05, 0.1) is 16.9 Å². The van der Waals surface area contributed by atoms with E-state index < -0.39 is 0 Å². The van der Waals surface area contributed by atoms with Gasteiger partial charge < -0.3 is 5.32 Å². The van der Waals surface area contributed by atoms with Gasteiger partial charge in [-0.25, -0.2) is 0 Å². The second-order valence-corrected chi connectivity index (χ2v) is 7.49. The van der Waals surface area contributed by atoms with Crippen LogP contribution in [0.15, 0.2) is 53.7 Å². The predicted molar refractivity (Wildman–Crippen MR) is 108 cm³/mol. The third-order valence-electron chi connectivity index (χ3n) is 4.13. The number of aromatic nitrogens is 4. The molecule has 8 heteroatoms. The van der Waals surface area contributed by atoms with Crippen LogP contribution in [0.2, 0.25) is 0 Å². The van der Waals surface area contributed by atoms with E-state index in [0.717, 1.165) is 5.69 Å². The van der Waals surface area contributed by atoms with E-state index in [1.807, 2.05) is 12.1 Å². The van der Waals surface area contributed by atoms with E-state index in [9.17, 15) is 4.79 Å². The third-order valence-corrected chi connectivity index (χ3v) is 5.05. The van der Waals surface area contributed by atoms with Gasteiger partial charge in [0.2, 0.25) is 11.1 Å². The van der Waals surface area contributed by atoms with Crippen molar-refractivity contribution in [3.63, 3.8) is 0 Å². The molecule has 3 rings (SSSR count). The van der Waals surface area contributed by atoms with Crippen molar-refractivity contribution in [1.29, 1.82) is 5.26 Å². The fourth-order valence-electron chi connectivity index (χ4n) is 2.57. The van der Waals surface area contributed by atoms with Gasteiger partial charge in [0.1, 0.15) is 6.07 Å². The standard InChI is InChI=1S/C20H20N6OS/c1-14(2)15-7-9-17(10-8-15)26-20(23-24-25-26)28-12-11-19(27)22-18-6-4-3-5-16(18)13-21/h3-10,14H,11-12H2,1-2H3,(H,22,27). The molecule has 0 spiro atoms. The van der Waals surface area contributed by atoms with Crippen LogP contribution in [0.3, 0.4) is 0 Å². The SMILES string of the molecule is CC(C)c1ccc(-n2nnnc2SCCC(=O)Nc2ccccc2C#N)cc1. The van der Waals surface area contributed by atoms with Crippen LogP contribution >= 0.6 is 11.8 Å². The molecule has 0 radical (unpaired) electrons. The average Bonchev–Trinajstić information content (AvgIpc) is 3.17. The third kappa shape index (κ3) is 4.75. The molecule has 1 amide bonds. The smallest absolute Gasteiger partial charge is 0.225 e. The number of rotatable bonds is 7. The molecule has 0 atom stereocenters. The summed E-state index contributed by atoms with van der Waals surface area (Å²) in [6.07, 6.45) is 0.281. The lowest BCUT2D eigenvalue weighted by molar-refractivity contribution is -0.115. The van der Waals surface area contributed by atoms with Gasteiger partial charge in [-0.1, -0.05) is 49.9 Å². The fraction of sp³-hybridized carbons (Fsp3) is 0.250. The molecule has 1 aromatic heterocycles. The molecule has 0 unspecified atom stereocenters. The average molecular weight is 392 g/mol. The molecule has 142 valence electrons. The maximum atomic E-state index is 12.2. The first kappa shape index (κ1) is 19.6. The highest BCUT2D eigenvalue weighted by Crippen LogP contribution is 2.21. The van der Waals surface area contributed by atoms with Gasteiger partial charge in [-0.3, -0.25) is 4.79 Å². The van der Waals surface area contributed by atoms with E-state index in [0.29, 0.717) is 28.1 Å². The highest BCUT2D eigenvalue weighted by atomic mass is 32.2. The Labute approximate surface area is 167 Å². The van der Waals surface area contributed by atoms with E-state index in [-0.39, 0.29) is 12.3 Å². The number of para-hydroxylation sites is 1. The summed E-state index contributed by atoms with van der Waals surface area (Å²) in [5, 5.41) is 24.3. The van der Waals surface area contributed by atoms with Crippen molar-refractivity contribution in [2.24, 2.45) is 0 Å². The van der Waals surface area contributed by atoms with E-state index >= 15 is 0 Å². The van der Waals surface area contributed by atoms with E-state index in [4.69, 9.17) is 5.26 Å². The highest BCUT2D eigenvalue weighted by molar-refractivity contribution is 7.99. The van der Waals surface area contributed by atoms with Gasteiger partial charge in [-0.15, -0.1) is 5.10 Å². The van der Waals surface area contributed by atoms with Gasteiger partial charge in [0, 0.05) is 12.2 Å². The molecule has 0 saturated carbocycles. The molecule has 0 fully saturated rings. The molecule has 0 aliphatic carbocycles. The number of carbonyl (C=O) groups is 1. The van der Waals surface area contributed by atoms with Crippen LogP contribution in [0.4, 0.5) is 5.69 Å². The van der Waals surface area contributed by atoms with Crippen molar-refractivity contribution in [1.82, 2.24) is 20.2 Å². The quantitative estimate of drug-likeness (QED) is 0.615. The lowest BCUT2D eigenvalue weighted by atomic mass is 10.0. The number of amides is 1. The van der Waals surface area contributed by atoms with Crippen LogP contribution in [-0.2, 0) is 4.79 Å². The summed E-state index contributed by atoms with van der Waals surface area (Å²) >= 11 is 1.41. The van der Waals surface area contributed by atoms with Gasteiger partial charge in [-0.2, -0.15) is 9.94 Å². The topological polar surface area (TPSA) is 96.5 Å². The normalized spacial score (nSPS) is 10.6. The number of carbonyl (C=O) groups excluding carboxylic acids is 1. The molecule has 0 bridgehead atoms. The van der Waals surface area contributed by atoms with Crippen LogP contribution in [0.1, 0.15) is 37.3 Å². The van der Waals surface area contributed by atoms with E-state index in [1.165, 1.54) is 17.3 Å². The molecule has 0 aliphatic rings. The van der Waals surface area contributed by atoms with Gasteiger partial charge in [0.15, 0.2) is 0 Å². The van der Waals surface area contributed by atoms with Crippen LogP contribution in [0, 0.1) is 11.3 Å². The lowest BCUT2D eigenvalue weighted by Gasteiger charge is -2.08. The second kappa shape index (κ2) is 9.15. The van der Waals surface area contributed by atoms with Crippen LogP contribution in [0.5, 0.6) is 0 Å². The van der Waals surface area contributed by atoms with Gasteiger partial charge in [-0.05, 0) is 46.2 Å². The summed E-state index contributed by atoms with van der Waals surface area (Å²) < 4.78 is 1.66. The van der Waals surface area contributed by atoms with Crippen molar-refractivity contribution in [2.45, 2.75) is 31.3 Å². The Morgan fingerprint density at radius 3 is 2.68 bits per heavy atom. The number of benzene rings is 2. The number of thioether (sulfide) groups is 1. The number of nitriles is 1. The number of tetrazole rings is 1. The molecular weight excluding hydrogens is 372 g/mol. The predicted octanol–water partition coefficient (Wildman–Crippen LogP) is 3.78. The summed E-state index contributed by atoms with van der Waals surface area (Å²) in [5.74, 6) is 0.822. The first-order valence-electron chi connectivity index (χ1n) is 8.89. The Bertz CT molecular complexity index is 990. The van der Waals surface area contributed by atoms with Crippen LogP contribution < -0.4 is 5.32 Å². The Kier molecular flexibility index (Phi) is 6.40. The number of anilines is 1. The molecule has 0 aliphatic heterocycles. The van der Waals surface area contributed by atoms with Gasteiger partial charge in [0.25, 0.3) is 0 Å². The van der Waals surface area contributed by atoms with E-state index in [1.54, 1.807) is 28.9 Å². The minimum Gasteiger partial charge on any atom is -0.325 e. The number of hydrogen-bond donors (Lipinski definition) is 1. The monoisotopic (exact) mass is 392 g/mol. The lowest BCUT2D eigenvalue weighted by Crippen LogP contribution is -2.13. The number of hydrogen-bond acceptors (Lipinski definition) is 6. The summed E-state index contributed by atoms with van der Waals surface area (Å²) in [7, 11) is 0. The summed E-state index contributed by atoms with van der Waals surface area (Å²) in [6, 6.07) is 17.1. The second-order valence-electron chi connectivity index (χ2n) is 6.42. The molecule has 28 heavy (non-hydrogen) atoms. The van der Waals surface area contributed by atoms with Crippen molar-refractivity contribution in [3.8, 4) is 11.8 Å². The molecule has 1 N–H and O–H groups in total. The molecule has 0 saturated heterocycles. The Hall–Kier alpha value is -3.18. The number of nitrogens with zero attached hydrogens (tertiary/aromatic N) is 5. The highest BCUT2D eigenvalue weighted by Gasteiger charge is 2.11. The van der Waals surface area contributed by atoms with Crippen molar-refractivity contribution in [2.75, 3.05) is 11.1 Å². The Morgan fingerprint density at radius 1 is 1.21 bits per heavy atom. The van der Waals surface area contributed by atoms with Crippen LogP contribution in [0.25, 0.3) is 5.69 Å². The Morgan fingerprint density at radius 2 is 1.96 bits per heavy atom. The van der Waals surface area contributed by atoms with Crippen molar-refractivity contribution >= 4 is 23.4 Å². The summed E-state index contributed by atoms with van der Waals surface area (Å²) in [6.45, 7) is 4.29. The first-order valence-corrected chi connectivity index (χ1v) is 9.87. The molecule has 1 heterocycles. The molecule has 2 aromatic carbocycles. The fourth-order valence-corrected chi connectivity index (χ4v) is 3.40. The van der Waals surface area contributed by atoms with Crippen molar-refractivity contribution in [3.05, 3.63) is 59.7 Å². The zero-order chi connectivity index (χ0) is 19.9. The minimum absolute atomic E-state index is 0.157. The zero-order valence-electron chi connectivity index (χ0n) is 15.7. The largest absolute Gasteiger partial charge is 0.325 e. The maximum Gasteiger partial charge on any atom is 0.225 e.